The standard InChI is InChI=1S/C9H10ClN5O3S/c1-5-14-8(18-15-5)4-13-19(16,17)6-2-7(10)9(11)12-3-6/h2-3,13H,4H2,1H3,(H2,11,12). The number of rotatable bonds is 4. The van der Waals surface area contributed by atoms with Gasteiger partial charge >= 0.3 is 0 Å². The SMILES string of the molecule is Cc1noc(CNS(=O)(=O)c2cnc(N)c(Cl)c2)n1. The van der Waals surface area contributed by atoms with E-state index in [2.05, 4.69) is 19.8 Å². The molecule has 0 aliphatic carbocycles. The van der Waals surface area contributed by atoms with Crippen molar-refractivity contribution in [3.63, 3.8) is 0 Å². The van der Waals surface area contributed by atoms with E-state index >= 15 is 0 Å². The molecule has 102 valence electrons. The maximum Gasteiger partial charge on any atom is 0.242 e. The minimum absolute atomic E-state index is 0.0631. The minimum atomic E-state index is -3.77. The van der Waals surface area contributed by atoms with Crippen LogP contribution in [0.4, 0.5) is 5.82 Å². The molecule has 2 rings (SSSR count). The molecule has 0 fully saturated rings. The Bertz CT molecular complexity index is 700. The number of pyridine rings is 1. The van der Waals surface area contributed by atoms with Gasteiger partial charge in [-0.2, -0.15) is 4.98 Å². The van der Waals surface area contributed by atoms with Gasteiger partial charge in [-0.05, 0) is 13.0 Å². The number of nitrogen functional groups attached to an aromatic ring is 1. The summed E-state index contributed by atoms with van der Waals surface area (Å²) in [4.78, 5) is 7.46. The third-order valence-electron chi connectivity index (χ3n) is 2.14. The number of sulfonamides is 1. The average molecular weight is 304 g/mol. The summed E-state index contributed by atoms with van der Waals surface area (Å²) < 4.78 is 30.9. The number of nitrogens with two attached hydrogens (primary N) is 1. The maximum absolute atomic E-state index is 11.9. The quantitative estimate of drug-likeness (QED) is 0.842. The Kier molecular flexibility index (Phi) is 3.69. The highest BCUT2D eigenvalue weighted by Gasteiger charge is 2.17. The fourth-order valence-corrected chi connectivity index (χ4v) is 2.41. The Morgan fingerprint density at radius 3 is 2.84 bits per heavy atom. The van der Waals surface area contributed by atoms with Gasteiger partial charge in [-0.1, -0.05) is 16.8 Å². The van der Waals surface area contributed by atoms with E-state index in [1.807, 2.05) is 0 Å². The summed E-state index contributed by atoms with van der Waals surface area (Å²) in [6.07, 6.45) is 1.11. The highest BCUT2D eigenvalue weighted by Crippen LogP contribution is 2.19. The van der Waals surface area contributed by atoms with Gasteiger partial charge in [-0.25, -0.2) is 18.1 Å². The number of hydrogen-bond acceptors (Lipinski definition) is 7. The van der Waals surface area contributed by atoms with Crippen LogP contribution in [0.1, 0.15) is 11.7 Å². The van der Waals surface area contributed by atoms with Crippen LogP contribution in [0.5, 0.6) is 0 Å². The molecule has 19 heavy (non-hydrogen) atoms. The molecule has 0 unspecified atom stereocenters. The number of hydrogen-bond donors (Lipinski definition) is 2. The fraction of sp³-hybridized carbons (Fsp3) is 0.222. The van der Waals surface area contributed by atoms with E-state index in [4.69, 9.17) is 21.9 Å². The summed E-state index contributed by atoms with van der Waals surface area (Å²) >= 11 is 5.72. The predicted octanol–water partition coefficient (Wildman–Crippen LogP) is 0.487. The molecular formula is C9H10ClN5O3S. The molecule has 8 nitrogen and oxygen atoms in total. The van der Waals surface area contributed by atoms with Crippen LogP contribution in [0.15, 0.2) is 21.7 Å². The number of nitrogens with zero attached hydrogens (tertiary/aromatic N) is 3. The lowest BCUT2D eigenvalue weighted by Gasteiger charge is -2.05. The summed E-state index contributed by atoms with van der Waals surface area (Å²) in [5.41, 5.74) is 5.41. The van der Waals surface area contributed by atoms with Gasteiger partial charge in [0.2, 0.25) is 15.9 Å². The van der Waals surface area contributed by atoms with Crippen molar-refractivity contribution in [2.75, 3.05) is 5.73 Å². The summed E-state index contributed by atoms with van der Waals surface area (Å²) in [5, 5.41) is 3.61. The van der Waals surface area contributed by atoms with Gasteiger partial charge in [0.15, 0.2) is 5.82 Å². The van der Waals surface area contributed by atoms with E-state index in [9.17, 15) is 8.42 Å². The van der Waals surface area contributed by atoms with Crippen LogP contribution < -0.4 is 10.5 Å². The number of aromatic nitrogens is 3. The molecule has 2 aromatic heterocycles. The maximum atomic E-state index is 11.9. The van der Waals surface area contributed by atoms with Gasteiger partial charge in [0.1, 0.15) is 10.7 Å². The molecule has 0 atom stereocenters. The fourth-order valence-electron chi connectivity index (χ4n) is 1.23. The first-order valence-electron chi connectivity index (χ1n) is 5.08. The zero-order valence-electron chi connectivity index (χ0n) is 9.79. The molecule has 3 N–H and O–H groups in total. The lowest BCUT2D eigenvalue weighted by molar-refractivity contribution is 0.372. The van der Waals surface area contributed by atoms with Crippen molar-refractivity contribution < 1.29 is 12.9 Å². The monoisotopic (exact) mass is 303 g/mol. The molecular weight excluding hydrogens is 294 g/mol. The van der Waals surface area contributed by atoms with Gasteiger partial charge in [-0.15, -0.1) is 0 Å². The molecule has 0 bridgehead atoms. The normalized spacial score (nSPS) is 11.7. The first-order chi connectivity index (χ1) is 8.88. The van der Waals surface area contributed by atoms with E-state index < -0.39 is 10.0 Å². The molecule has 0 saturated heterocycles. The minimum Gasteiger partial charge on any atom is -0.382 e. The highest BCUT2D eigenvalue weighted by atomic mass is 35.5. The van der Waals surface area contributed by atoms with Crippen molar-refractivity contribution in [3.05, 3.63) is 29.0 Å². The van der Waals surface area contributed by atoms with Crippen LogP contribution in [-0.4, -0.2) is 23.5 Å². The van der Waals surface area contributed by atoms with E-state index in [1.165, 1.54) is 6.07 Å². The second-order valence-corrected chi connectivity index (χ2v) is 5.77. The van der Waals surface area contributed by atoms with E-state index in [0.29, 0.717) is 5.82 Å². The number of aryl methyl sites for hydroxylation is 1. The Balaban J connectivity index is 2.16. The van der Waals surface area contributed by atoms with Gasteiger partial charge in [0.25, 0.3) is 0 Å². The molecule has 10 heteroatoms. The van der Waals surface area contributed by atoms with Gasteiger partial charge < -0.3 is 10.3 Å². The lowest BCUT2D eigenvalue weighted by Crippen LogP contribution is -2.23. The van der Waals surface area contributed by atoms with Crippen molar-refractivity contribution in [3.8, 4) is 0 Å². The largest absolute Gasteiger partial charge is 0.382 e. The Morgan fingerprint density at radius 1 is 1.53 bits per heavy atom. The Hall–Kier alpha value is -1.71. The summed E-state index contributed by atoms with van der Waals surface area (Å²) in [6.45, 7) is 1.51. The van der Waals surface area contributed by atoms with Crippen molar-refractivity contribution in [1.82, 2.24) is 19.8 Å². The third kappa shape index (κ3) is 3.19. The molecule has 0 saturated carbocycles. The molecule has 0 aromatic carbocycles. The average Bonchev–Trinajstić information content (AvgIpc) is 2.76. The molecule has 0 aliphatic heterocycles. The number of halogens is 1. The van der Waals surface area contributed by atoms with Crippen molar-refractivity contribution in [2.24, 2.45) is 0 Å². The smallest absolute Gasteiger partial charge is 0.242 e. The van der Waals surface area contributed by atoms with Crippen LogP contribution in [0.3, 0.4) is 0 Å². The summed E-state index contributed by atoms with van der Waals surface area (Å²) in [6, 6.07) is 1.21. The van der Waals surface area contributed by atoms with Crippen molar-refractivity contribution in [1.29, 1.82) is 0 Å². The van der Waals surface area contributed by atoms with E-state index in [-0.39, 0.29) is 28.2 Å². The second-order valence-electron chi connectivity index (χ2n) is 3.60. The van der Waals surface area contributed by atoms with Crippen molar-refractivity contribution >= 4 is 27.4 Å². The van der Waals surface area contributed by atoms with Crippen LogP contribution in [-0.2, 0) is 16.6 Å². The molecule has 0 radical (unpaired) electrons. The Labute approximate surface area is 114 Å². The molecule has 0 aliphatic rings. The number of nitrogens with one attached hydrogen (secondary N) is 1. The van der Waals surface area contributed by atoms with Gasteiger partial charge in [0.05, 0.1) is 11.6 Å². The second kappa shape index (κ2) is 5.11. The van der Waals surface area contributed by atoms with Gasteiger partial charge in [-0.3, -0.25) is 0 Å². The summed E-state index contributed by atoms with van der Waals surface area (Å²) in [5.74, 6) is 0.648. The number of anilines is 1. The molecule has 2 aromatic rings. The lowest BCUT2D eigenvalue weighted by atomic mass is 10.5. The molecule has 0 spiro atoms. The predicted molar refractivity (Wildman–Crippen MR) is 66.7 cm³/mol. The zero-order valence-corrected chi connectivity index (χ0v) is 11.4. The van der Waals surface area contributed by atoms with Gasteiger partial charge in [0, 0.05) is 6.20 Å². The first-order valence-corrected chi connectivity index (χ1v) is 6.94. The Morgan fingerprint density at radius 2 is 2.26 bits per heavy atom. The van der Waals surface area contributed by atoms with E-state index in [0.717, 1.165) is 6.20 Å². The molecule has 2 heterocycles. The van der Waals surface area contributed by atoms with Crippen LogP contribution in [0, 0.1) is 6.92 Å². The third-order valence-corrected chi connectivity index (χ3v) is 3.81. The van der Waals surface area contributed by atoms with Crippen LogP contribution >= 0.6 is 11.6 Å². The van der Waals surface area contributed by atoms with Crippen LogP contribution in [0.2, 0.25) is 5.02 Å². The first kappa shape index (κ1) is 13.7. The zero-order chi connectivity index (χ0) is 14.0. The molecule has 0 amide bonds. The van der Waals surface area contributed by atoms with Crippen LogP contribution in [0.25, 0.3) is 0 Å². The van der Waals surface area contributed by atoms with E-state index in [1.54, 1.807) is 6.92 Å². The van der Waals surface area contributed by atoms with Crippen molar-refractivity contribution in [2.45, 2.75) is 18.4 Å². The highest BCUT2D eigenvalue weighted by molar-refractivity contribution is 7.89. The topological polar surface area (TPSA) is 124 Å². The summed E-state index contributed by atoms with van der Waals surface area (Å²) in [7, 11) is -3.77.